The Bertz CT molecular complexity index is 257. The number of hydrogen-bond acceptors (Lipinski definition) is 1. The van der Waals surface area contributed by atoms with Gasteiger partial charge in [0.15, 0.2) is 0 Å². The lowest BCUT2D eigenvalue weighted by Crippen LogP contribution is -1.82. The van der Waals surface area contributed by atoms with Gasteiger partial charge in [-0.3, -0.25) is 0 Å². The van der Waals surface area contributed by atoms with Crippen LogP contribution in [0.25, 0.3) is 0 Å². The topological polar surface area (TPSA) is 9.23 Å². The Labute approximate surface area is 58.4 Å². The zero-order valence-electron chi connectivity index (χ0n) is 5.43. The minimum Gasteiger partial charge on any atom is -0.372 e. The van der Waals surface area contributed by atoms with Crippen LogP contribution in [-0.4, -0.2) is 0 Å². The standard InChI is InChI=1S/C8H7FO/c9-8-2-1-6-4-10-5-7(6)3-8/h1-3H,4-5H2. The van der Waals surface area contributed by atoms with E-state index >= 15 is 0 Å². The summed E-state index contributed by atoms with van der Waals surface area (Å²) >= 11 is 0. The molecule has 0 aliphatic carbocycles. The van der Waals surface area contributed by atoms with E-state index in [1.807, 2.05) is 0 Å². The predicted octanol–water partition coefficient (Wildman–Crippen LogP) is 1.86. The highest BCUT2D eigenvalue weighted by molar-refractivity contribution is 5.28. The van der Waals surface area contributed by atoms with Crippen molar-refractivity contribution in [2.24, 2.45) is 0 Å². The molecule has 0 atom stereocenters. The van der Waals surface area contributed by atoms with Gasteiger partial charge < -0.3 is 4.74 Å². The molecule has 2 rings (SSSR count). The Kier molecular flexibility index (Phi) is 1.21. The number of ether oxygens (including phenoxy) is 1. The Morgan fingerprint density at radius 1 is 1.20 bits per heavy atom. The van der Waals surface area contributed by atoms with Crippen LogP contribution in [0.2, 0.25) is 0 Å². The van der Waals surface area contributed by atoms with Crippen LogP contribution in [0.15, 0.2) is 18.2 Å². The Balaban J connectivity index is 2.52. The van der Waals surface area contributed by atoms with Gasteiger partial charge in [-0.25, -0.2) is 4.39 Å². The second-order valence-corrected chi connectivity index (χ2v) is 2.41. The summed E-state index contributed by atoms with van der Waals surface area (Å²) in [6.45, 7) is 1.20. The third-order valence-corrected chi connectivity index (χ3v) is 1.68. The molecule has 0 saturated heterocycles. The largest absolute Gasteiger partial charge is 0.372 e. The zero-order chi connectivity index (χ0) is 6.97. The third-order valence-electron chi connectivity index (χ3n) is 1.68. The van der Waals surface area contributed by atoms with E-state index in [1.54, 1.807) is 6.07 Å². The van der Waals surface area contributed by atoms with Gasteiger partial charge in [0.05, 0.1) is 13.2 Å². The van der Waals surface area contributed by atoms with E-state index in [0.717, 1.165) is 11.1 Å². The van der Waals surface area contributed by atoms with Gasteiger partial charge in [-0.05, 0) is 23.3 Å². The van der Waals surface area contributed by atoms with Gasteiger partial charge in [0.1, 0.15) is 5.82 Å². The molecule has 0 spiro atoms. The molecule has 1 aromatic rings. The fraction of sp³-hybridized carbons (Fsp3) is 0.250. The molecule has 0 saturated carbocycles. The molecule has 0 amide bonds. The molecular weight excluding hydrogens is 131 g/mol. The first-order valence-electron chi connectivity index (χ1n) is 3.21. The van der Waals surface area contributed by atoms with Gasteiger partial charge in [0.25, 0.3) is 0 Å². The molecule has 0 aromatic heterocycles. The van der Waals surface area contributed by atoms with E-state index in [2.05, 4.69) is 0 Å². The number of hydrogen-bond donors (Lipinski definition) is 0. The van der Waals surface area contributed by atoms with Crippen LogP contribution in [0.5, 0.6) is 0 Å². The summed E-state index contributed by atoms with van der Waals surface area (Å²) in [5.74, 6) is -0.177. The van der Waals surface area contributed by atoms with E-state index in [4.69, 9.17) is 4.74 Å². The number of benzene rings is 1. The number of rotatable bonds is 0. The van der Waals surface area contributed by atoms with Gasteiger partial charge >= 0.3 is 0 Å². The zero-order valence-corrected chi connectivity index (χ0v) is 5.43. The van der Waals surface area contributed by atoms with Gasteiger partial charge in [-0.2, -0.15) is 0 Å². The highest BCUT2D eigenvalue weighted by Crippen LogP contribution is 2.19. The maximum atomic E-state index is 12.5. The third kappa shape index (κ3) is 0.809. The summed E-state index contributed by atoms with van der Waals surface area (Å²) in [7, 11) is 0. The molecule has 2 heteroatoms. The van der Waals surface area contributed by atoms with Crippen LogP contribution >= 0.6 is 0 Å². The quantitative estimate of drug-likeness (QED) is 0.531. The van der Waals surface area contributed by atoms with Crippen LogP contribution < -0.4 is 0 Å². The lowest BCUT2D eigenvalue weighted by atomic mass is 10.1. The summed E-state index contributed by atoms with van der Waals surface area (Å²) in [5.41, 5.74) is 2.10. The van der Waals surface area contributed by atoms with E-state index in [0.29, 0.717) is 13.2 Å². The van der Waals surface area contributed by atoms with E-state index in [9.17, 15) is 4.39 Å². The molecule has 0 fully saturated rings. The van der Waals surface area contributed by atoms with Gasteiger partial charge in [0, 0.05) is 0 Å². The molecule has 1 nitrogen and oxygen atoms in total. The first-order valence-corrected chi connectivity index (χ1v) is 3.21. The van der Waals surface area contributed by atoms with Crippen molar-refractivity contribution in [1.82, 2.24) is 0 Å². The van der Waals surface area contributed by atoms with Gasteiger partial charge in [0.2, 0.25) is 0 Å². The summed E-state index contributed by atoms with van der Waals surface area (Å²) in [6, 6.07) is 4.77. The minimum absolute atomic E-state index is 0.177. The summed E-state index contributed by atoms with van der Waals surface area (Å²) in [5, 5.41) is 0. The van der Waals surface area contributed by atoms with Gasteiger partial charge in [-0.15, -0.1) is 0 Å². The molecular formula is C8H7FO. The normalized spacial score (nSPS) is 15.3. The monoisotopic (exact) mass is 138 g/mol. The maximum absolute atomic E-state index is 12.5. The van der Waals surface area contributed by atoms with Crippen LogP contribution in [0.1, 0.15) is 11.1 Å². The molecule has 10 heavy (non-hydrogen) atoms. The van der Waals surface area contributed by atoms with Crippen molar-refractivity contribution < 1.29 is 9.13 Å². The highest BCUT2D eigenvalue weighted by Gasteiger charge is 2.10. The summed E-state index contributed by atoms with van der Waals surface area (Å²) < 4.78 is 17.6. The summed E-state index contributed by atoms with van der Waals surface area (Å²) in [4.78, 5) is 0. The van der Waals surface area contributed by atoms with Crippen molar-refractivity contribution >= 4 is 0 Å². The lowest BCUT2D eigenvalue weighted by Gasteiger charge is -1.93. The van der Waals surface area contributed by atoms with Crippen molar-refractivity contribution in [3.8, 4) is 0 Å². The molecule has 52 valence electrons. The second-order valence-electron chi connectivity index (χ2n) is 2.41. The average Bonchev–Trinajstić information content (AvgIpc) is 2.33. The molecule has 0 unspecified atom stereocenters. The van der Waals surface area contributed by atoms with Crippen LogP contribution in [0.3, 0.4) is 0 Å². The Morgan fingerprint density at radius 3 is 2.90 bits per heavy atom. The van der Waals surface area contributed by atoms with Gasteiger partial charge in [-0.1, -0.05) is 6.07 Å². The molecule has 0 bridgehead atoms. The lowest BCUT2D eigenvalue weighted by molar-refractivity contribution is 0.134. The fourth-order valence-corrected chi connectivity index (χ4v) is 1.14. The van der Waals surface area contributed by atoms with E-state index in [-0.39, 0.29) is 5.82 Å². The molecule has 1 aliphatic rings. The van der Waals surface area contributed by atoms with Crippen LogP contribution in [0.4, 0.5) is 4.39 Å². The number of halogens is 1. The molecule has 1 heterocycles. The molecule has 1 aromatic carbocycles. The van der Waals surface area contributed by atoms with Crippen molar-refractivity contribution in [2.45, 2.75) is 13.2 Å². The summed E-state index contributed by atoms with van der Waals surface area (Å²) in [6.07, 6.45) is 0. The van der Waals surface area contributed by atoms with Crippen molar-refractivity contribution in [3.63, 3.8) is 0 Å². The smallest absolute Gasteiger partial charge is 0.123 e. The van der Waals surface area contributed by atoms with E-state index < -0.39 is 0 Å². The van der Waals surface area contributed by atoms with Crippen molar-refractivity contribution in [1.29, 1.82) is 0 Å². The number of fused-ring (bicyclic) bond motifs is 1. The predicted molar refractivity (Wildman–Crippen MR) is 34.9 cm³/mol. The van der Waals surface area contributed by atoms with Crippen LogP contribution in [-0.2, 0) is 18.0 Å². The molecule has 0 radical (unpaired) electrons. The Morgan fingerprint density at radius 2 is 2.00 bits per heavy atom. The van der Waals surface area contributed by atoms with Crippen molar-refractivity contribution in [2.75, 3.05) is 0 Å². The minimum atomic E-state index is -0.177. The fourth-order valence-electron chi connectivity index (χ4n) is 1.14. The first kappa shape index (κ1) is 5.86. The average molecular weight is 138 g/mol. The molecule has 0 N–H and O–H groups in total. The maximum Gasteiger partial charge on any atom is 0.123 e. The first-order chi connectivity index (χ1) is 4.86. The highest BCUT2D eigenvalue weighted by atomic mass is 19.1. The van der Waals surface area contributed by atoms with Crippen molar-refractivity contribution in [3.05, 3.63) is 35.1 Å². The Hall–Kier alpha value is -0.890. The molecule has 1 aliphatic heterocycles. The SMILES string of the molecule is Fc1ccc2c(c1)COC2. The van der Waals surface area contributed by atoms with Crippen LogP contribution in [0, 0.1) is 5.82 Å². The second kappa shape index (κ2) is 2.06. The van der Waals surface area contributed by atoms with E-state index in [1.165, 1.54) is 12.1 Å².